The second kappa shape index (κ2) is 5.44. The van der Waals surface area contributed by atoms with E-state index in [1.54, 1.807) is 19.4 Å². The van der Waals surface area contributed by atoms with Crippen LogP contribution in [0.5, 0.6) is 0 Å². The topological polar surface area (TPSA) is 21.6 Å². The summed E-state index contributed by atoms with van der Waals surface area (Å²) < 4.78 is 5.22. The average molecular weight is 221 g/mol. The summed E-state index contributed by atoms with van der Waals surface area (Å²) in [4.78, 5) is 4.43. The second-order valence-electron chi connectivity index (χ2n) is 4.83. The summed E-state index contributed by atoms with van der Waals surface area (Å²) in [6.45, 7) is 11.0. The first-order chi connectivity index (χ1) is 7.58. The lowest BCUT2D eigenvalue weighted by Gasteiger charge is -2.22. The minimum Gasteiger partial charge on any atom is -0.378 e. The van der Waals surface area contributed by atoms with Crippen LogP contribution in [0.4, 0.5) is 0 Å². The van der Waals surface area contributed by atoms with Crippen molar-refractivity contribution < 1.29 is 4.74 Å². The molecule has 0 aromatic rings. The predicted octanol–water partition coefficient (Wildman–Crippen LogP) is 3.60. The average Bonchev–Trinajstić information content (AvgIpc) is 3.04. The Balaban J connectivity index is 2.96. The third-order valence-electron chi connectivity index (χ3n) is 3.69. The summed E-state index contributed by atoms with van der Waals surface area (Å²) in [6, 6.07) is 0. The van der Waals surface area contributed by atoms with Crippen LogP contribution in [0.25, 0.3) is 0 Å². The first-order valence-corrected chi connectivity index (χ1v) is 5.92. The molecule has 90 valence electrons. The third kappa shape index (κ3) is 2.62. The van der Waals surface area contributed by atoms with Gasteiger partial charge in [0.05, 0.1) is 12.3 Å². The Labute approximate surface area is 99.1 Å². The number of hydrogen-bond acceptors (Lipinski definition) is 2. The van der Waals surface area contributed by atoms with E-state index in [2.05, 4.69) is 32.3 Å². The molecule has 2 nitrogen and oxygen atoms in total. The molecule has 0 bridgehead atoms. The van der Waals surface area contributed by atoms with E-state index in [4.69, 9.17) is 4.74 Å². The largest absolute Gasteiger partial charge is 0.378 e. The minimum atomic E-state index is 0.381. The molecule has 0 spiro atoms. The highest BCUT2D eigenvalue weighted by Crippen LogP contribution is 2.58. The van der Waals surface area contributed by atoms with Gasteiger partial charge in [0, 0.05) is 13.3 Å². The van der Waals surface area contributed by atoms with Crippen LogP contribution >= 0.6 is 0 Å². The molecule has 0 aliphatic heterocycles. The first-order valence-electron chi connectivity index (χ1n) is 5.92. The summed E-state index contributed by atoms with van der Waals surface area (Å²) in [5.41, 5.74) is 2.84. The van der Waals surface area contributed by atoms with Crippen LogP contribution in [-0.2, 0) is 4.74 Å². The van der Waals surface area contributed by atoms with Crippen molar-refractivity contribution in [3.05, 3.63) is 23.9 Å². The molecule has 1 aliphatic carbocycles. The maximum Gasteiger partial charge on any atom is 0.0883 e. The molecular formula is C14H23NO. The van der Waals surface area contributed by atoms with Gasteiger partial charge in [-0.1, -0.05) is 26.5 Å². The zero-order valence-corrected chi connectivity index (χ0v) is 10.9. The Morgan fingerprint density at radius 3 is 2.50 bits per heavy atom. The molecule has 1 fully saturated rings. The molecule has 1 rings (SSSR count). The second-order valence-corrected chi connectivity index (χ2v) is 4.83. The molecule has 0 radical (unpaired) electrons. The van der Waals surface area contributed by atoms with Gasteiger partial charge < -0.3 is 4.74 Å². The van der Waals surface area contributed by atoms with Gasteiger partial charge in [0.15, 0.2) is 0 Å². The standard InChI is InChI=1S/C14H23NO/c1-6-9-15-13(10-16-5)12(4)14(7-8-14)11(2)3/h6,9,11H,1,7-8,10H2,2-5H3/b13-12+,15-9?. The van der Waals surface area contributed by atoms with E-state index in [9.17, 15) is 0 Å². The number of allylic oxidation sites excluding steroid dienone is 2. The normalized spacial score (nSPS) is 20.1. The van der Waals surface area contributed by atoms with Gasteiger partial charge in [-0.3, -0.25) is 4.99 Å². The highest BCUT2D eigenvalue weighted by Gasteiger charge is 2.47. The van der Waals surface area contributed by atoms with Crippen molar-refractivity contribution in [2.24, 2.45) is 16.3 Å². The van der Waals surface area contributed by atoms with Gasteiger partial charge in [-0.25, -0.2) is 0 Å². The summed E-state index contributed by atoms with van der Waals surface area (Å²) in [6.07, 6.45) is 6.02. The van der Waals surface area contributed by atoms with E-state index < -0.39 is 0 Å². The molecular weight excluding hydrogens is 198 g/mol. The fourth-order valence-corrected chi connectivity index (χ4v) is 2.33. The van der Waals surface area contributed by atoms with E-state index in [0.717, 1.165) is 5.70 Å². The highest BCUT2D eigenvalue weighted by molar-refractivity contribution is 5.71. The van der Waals surface area contributed by atoms with E-state index in [1.807, 2.05) is 0 Å². The molecule has 16 heavy (non-hydrogen) atoms. The van der Waals surface area contributed by atoms with Crippen LogP contribution in [-0.4, -0.2) is 19.9 Å². The fraction of sp³-hybridized carbons (Fsp3) is 0.643. The molecule has 0 saturated heterocycles. The number of methoxy groups -OCH3 is 1. The first kappa shape index (κ1) is 13.2. The van der Waals surface area contributed by atoms with E-state index in [0.29, 0.717) is 17.9 Å². The van der Waals surface area contributed by atoms with Crippen LogP contribution in [0.1, 0.15) is 33.6 Å². The zero-order chi connectivity index (χ0) is 12.2. The predicted molar refractivity (Wildman–Crippen MR) is 69.8 cm³/mol. The quantitative estimate of drug-likeness (QED) is 0.628. The summed E-state index contributed by atoms with van der Waals surface area (Å²) in [7, 11) is 1.71. The minimum absolute atomic E-state index is 0.381. The van der Waals surface area contributed by atoms with Crippen LogP contribution in [0.3, 0.4) is 0 Å². The number of rotatable bonds is 6. The maximum atomic E-state index is 5.22. The maximum absolute atomic E-state index is 5.22. The molecule has 0 N–H and O–H groups in total. The Morgan fingerprint density at radius 1 is 1.50 bits per heavy atom. The van der Waals surface area contributed by atoms with Gasteiger partial charge in [-0.05, 0) is 36.7 Å². The number of ether oxygens (including phenoxy) is 1. The highest BCUT2D eigenvalue weighted by atomic mass is 16.5. The molecule has 0 unspecified atom stereocenters. The van der Waals surface area contributed by atoms with Crippen molar-refractivity contribution in [1.82, 2.24) is 0 Å². The van der Waals surface area contributed by atoms with Crippen LogP contribution < -0.4 is 0 Å². The van der Waals surface area contributed by atoms with Crippen molar-refractivity contribution in [2.45, 2.75) is 33.6 Å². The monoisotopic (exact) mass is 221 g/mol. The van der Waals surface area contributed by atoms with Crippen molar-refractivity contribution >= 4 is 6.21 Å². The molecule has 0 aromatic heterocycles. The number of nitrogens with zero attached hydrogens (tertiary/aromatic N) is 1. The smallest absolute Gasteiger partial charge is 0.0883 e. The lowest BCUT2D eigenvalue weighted by molar-refractivity contribution is 0.222. The molecule has 0 amide bonds. The van der Waals surface area contributed by atoms with Crippen LogP contribution in [0.2, 0.25) is 0 Å². The van der Waals surface area contributed by atoms with Gasteiger partial charge in [0.25, 0.3) is 0 Å². The van der Waals surface area contributed by atoms with E-state index >= 15 is 0 Å². The van der Waals surface area contributed by atoms with Crippen molar-refractivity contribution in [1.29, 1.82) is 0 Å². The lowest BCUT2D eigenvalue weighted by Crippen LogP contribution is -2.14. The Morgan fingerprint density at radius 2 is 2.12 bits per heavy atom. The molecule has 1 saturated carbocycles. The van der Waals surface area contributed by atoms with Crippen LogP contribution in [0, 0.1) is 11.3 Å². The summed E-state index contributed by atoms with van der Waals surface area (Å²) >= 11 is 0. The van der Waals surface area contributed by atoms with Gasteiger partial charge in [0.1, 0.15) is 0 Å². The molecule has 1 aliphatic rings. The zero-order valence-electron chi connectivity index (χ0n) is 10.9. The number of hydrogen-bond donors (Lipinski definition) is 0. The molecule has 0 aromatic carbocycles. The Bertz CT molecular complexity index is 309. The van der Waals surface area contributed by atoms with Gasteiger partial charge in [-0.15, -0.1) is 0 Å². The van der Waals surface area contributed by atoms with Crippen molar-refractivity contribution in [2.75, 3.05) is 13.7 Å². The van der Waals surface area contributed by atoms with Crippen molar-refractivity contribution in [3.8, 4) is 0 Å². The fourth-order valence-electron chi connectivity index (χ4n) is 2.33. The van der Waals surface area contributed by atoms with Gasteiger partial charge in [0.2, 0.25) is 0 Å². The van der Waals surface area contributed by atoms with Gasteiger partial charge in [-0.2, -0.15) is 0 Å². The van der Waals surface area contributed by atoms with Crippen molar-refractivity contribution in [3.63, 3.8) is 0 Å². The Hall–Kier alpha value is -0.890. The third-order valence-corrected chi connectivity index (χ3v) is 3.69. The number of aliphatic imine (C=N–C) groups is 1. The summed E-state index contributed by atoms with van der Waals surface area (Å²) in [5.74, 6) is 0.679. The SMILES string of the molecule is C=CC=N/C(COC)=C(\C)C1(C(C)C)CC1. The lowest BCUT2D eigenvalue weighted by atomic mass is 9.84. The molecule has 0 atom stereocenters. The van der Waals surface area contributed by atoms with Gasteiger partial charge >= 0.3 is 0 Å². The molecule has 2 heteroatoms. The van der Waals surface area contributed by atoms with Crippen LogP contribution in [0.15, 0.2) is 28.9 Å². The molecule has 0 heterocycles. The Kier molecular flexibility index (Phi) is 4.48. The summed E-state index contributed by atoms with van der Waals surface area (Å²) in [5, 5.41) is 0. The van der Waals surface area contributed by atoms with E-state index in [1.165, 1.54) is 18.4 Å². The van der Waals surface area contributed by atoms with E-state index in [-0.39, 0.29) is 0 Å².